The third kappa shape index (κ3) is 2.55. The molecule has 0 atom stereocenters. The first-order chi connectivity index (χ1) is 12.4. The smallest absolute Gasteiger partial charge is 0.278 e. The zero-order valence-electron chi connectivity index (χ0n) is 14.8. The molecule has 0 saturated heterocycles. The fourth-order valence-corrected chi connectivity index (χ4v) is 4.95. The van der Waals surface area contributed by atoms with E-state index >= 15 is 0 Å². The normalized spacial score (nSPS) is 14.7. The van der Waals surface area contributed by atoms with Crippen LogP contribution in [0.4, 0.5) is 0 Å². The lowest BCUT2D eigenvalue weighted by molar-refractivity contribution is 0.413. The van der Waals surface area contributed by atoms with Crippen LogP contribution in [-0.2, 0) is 36.6 Å². The van der Waals surface area contributed by atoms with Gasteiger partial charge in [-0.3, -0.25) is 4.68 Å². The summed E-state index contributed by atoms with van der Waals surface area (Å²) in [4.78, 5) is 4.58. The van der Waals surface area contributed by atoms with Gasteiger partial charge in [-0.25, -0.2) is 8.42 Å². The van der Waals surface area contributed by atoms with E-state index in [1.807, 2.05) is 19.1 Å². The Morgan fingerprint density at radius 2 is 2.00 bits per heavy atom. The molecule has 0 saturated carbocycles. The van der Waals surface area contributed by atoms with Gasteiger partial charge in [-0.1, -0.05) is 30.3 Å². The minimum atomic E-state index is -3.60. The van der Waals surface area contributed by atoms with Crippen molar-refractivity contribution in [3.8, 4) is 11.6 Å². The summed E-state index contributed by atoms with van der Waals surface area (Å²) in [6.07, 6.45) is 0.657. The number of hydrogen-bond acceptors (Lipinski definition) is 6. The van der Waals surface area contributed by atoms with E-state index < -0.39 is 10.0 Å². The largest absolute Gasteiger partial charge is 0.332 e. The van der Waals surface area contributed by atoms with E-state index in [1.54, 1.807) is 30.8 Å². The average molecular weight is 373 g/mol. The maximum absolute atomic E-state index is 13.2. The van der Waals surface area contributed by atoms with Gasteiger partial charge in [0.25, 0.3) is 5.89 Å². The summed E-state index contributed by atoms with van der Waals surface area (Å²) in [5.74, 6) is 0.825. The fraction of sp³-hybridized carbons (Fsp3) is 0.353. The van der Waals surface area contributed by atoms with E-state index in [1.165, 1.54) is 4.31 Å². The molecular weight excluding hydrogens is 354 g/mol. The molecular formula is C17H19N5O3S. The summed E-state index contributed by atoms with van der Waals surface area (Å²) in [7, 11) is -1.81. The van der Waals surface area contributed by atoms with Crippen LogP contribution in [-0.4, -0.2) is 32.6 Å². The van der Waals surface area contributed by atoms with Crippen LogP contribution in [0.25, 0.3) is 11.6 Å². The van der Waals surface area contributed by atoms with E-state index in [2.05, 4.69) is 15.2 Å². The van der Waals surface area contributed by atoms with Gasteiger partial charge in [0.05, 0.1) is 17.1 Å². The predicted octanol–water partition coefficient (Wildman–Crippen LogP) is 2.05. The molecule has 4 rings (SSSR count). The van der Waals surface area contributed by atoms with Crippen molar-refractivity contribution >= 4 is 10.0 Å². The van der Waals surface area contributed by atoms with Crippen LogP contribution in [0.3, 0.4) is 0 Å². The molecule has 0 bridgehead atoms. The van der Waals surface area contributed by atoms with Crippen LogP contribution in [0.1, 0.15) is 29.6 Å². The lowest BCUT2D eigenvalue weighted by Crippen LogP contribution is -2.27. The van der Waals surface area contributed by atoms with E-state index in [0.29, 0.717) is 28.7 Å². The highest BCUT2D eigenvalue weighted by Gasteiger charge is 2.37. The SMILES string of the molecule is CCc1ccccc1S(=O)(=O)N1Cc2c(-c3nc(C)no3)nn(C)c2C1. The van der Waals surface area contributed by atoms with Crippen LogP contribution in [0.15, 0.2) is 33.7 Å². The van der Waals surface area contributed by atoms with Crippen LogP contribution in [0.2, 0.25) is 0 Å². The summed E-state index contributed by atoms with van der Waals surface area (Å²) < 4.78 is 34.8. The molecule has 136 valence electrons. The predicted molar refractivity (Wildman–Crippen MR) is 93.5 cm³/mol. The molecule has 0 aliphatic carbocycles. The van der Waals surface area contributed by atoms with Crippen molar-refractivity contribution in [3.05, 3.63) is 46.9 Å². The van der Waals surface area contributed by atoms with Gasteiger partial charge >= 0.3 is 0 Å². The second-order valence-corrected chi connectivity index (χ2v) is 8.18. The minimum absolute atomic E-state index is 0.236. The van der Waals surface area contributed by atoms with Gasteiger partial charge in [-0.15, -0.1) is 0 Å². The van der Waals surface area contributed by atoms with Crippen molar-refractivity contribution < 1.29 is 12.9 Å². The Labute approximate surface area is 151 Å². The lowest BCUT2D eigenvalue weighted by atomic mass is 10.2. The Bertz CT molecular complexity index is 1080. The van der Waals surface area contributed by atoms with Crippen molar-refractivity contribution in [2.75, 3.05) is 0 Å². The second-order valence-electron chi connectivity index (χ2n) is 6.28. The van der Waals surface area contributed by atoms with Crippen LogP contribution >= 0.6 is 0 Å². The Kier molecular flexibility index (Phi) is 3.92. The molecule has 0 unspecified atom stereocenters. The van der Waals surface area contributed by atoms with E-state index in [-0.39, 0.29) is 13.1 Å². The summed E-state index contributed by atoms with van der Waals surface area (Å²) in [5, 5.41) is 8.24. The molecule has 0 amide bonds. The number of nitrogens with zero attached hydrogens (tertiary/aromatic N) is 5. The number of aromatic nitrogens is 4. The van der Waals surface area contributed by atoms with Crippen LogP contribution in [0, 0.1) is 6.92 Å². The van der Waals surface area contributed by atoms with Crippen molar-refractivity contribution in [1.29, 1.82) is 0 Å². The first-order valence-electron chi connectivity index (χ1n) is 8.35. The zero-order valence-corrected chi connectivity index (χ0v) is 15.6. The zero-order chi connectivity index (χ0) is 18.5. The summed E-state index contributed by atoms with van der Waals surface area (Å²) in [6, 6.07) is 7.13. The molecule has 0 N–H and O–H groups in total. The molecule has 1 aliphatic rings. The third-order valence-electron chi connectivity index (χ3n) is 4.64. The first-order valence-corrected chi connectivity index (χ1v) is 9.79. The molecule has 1 aliphatic heterocycles. The molecule has 3 aromatic rings. The van der Waals surface area contributed by atoms with Crippen LogP contribution in [0.5, 0.6) is 0 Å². The van der Waals surface area contributed by atoms with Gasteiger partial charge in [0, 0.05) is 19.2 Å². The van der Waals surface area contributed by atoms with Crippen molar-refractivity contribution in [1.82, 2.24) is 24.2 Å². The van der Waals surface area contributed by atoms with E-state index in [9.17, 15) is 8.42 Å². The van der Waals surface area contributed by atoms with E-state index in [0.717, 1.165) is 16.8 Å². The molecule has 2 aromatic heterocycles. The standard InChI is InChI=1S/C17H19N5O3S/c1-4-12-7-5-6-8-15(12)26(23,24)22-9-13-14(10-22)21(3)19-16(13)17-18-11(2)20-25-17/h5-8H,4,9-10H2,1-3H3. The topological polar surface area (TPSA) is 94.1 Å². The van der Waals surface area contributed by atoms with Crippen LogP contribution < -0.4 is 0 Å². The van der Waals surface area contributed by atoms with Crippen molar-refractivity contribution in [2.45, 2.75) is 38.3 Å². The van der Waals surface area contributed by atoms with Gasteiger partial charge in [0.1, 0.15) is 0 Å². The number of sulfonamides is 1. The molecule has 1 aromatic carbocycles. The number of aryl methyl sites for hydroxylation is 3. The van der Waals surface area contributed by atoms with Gasteiger partial charge in [0.15, 0.2) is 11.5 Å². The van der Waals surface area contributed by atoms with E-state index in [4.69, 9.17) is 4.52 Å². The molecule has 26 heavy (non-hydrogen) atoms. The monoisotopic (exact) mass is 373 g/mol. The fourth-order valence-electron chi connectivity index (χ4n) is 3.29. The van der Waals surface area contributed by atoms with Gasteiger partial charge in [0.2, 0.25) is 10.0 Å². The molecule has 3 heterocycles. The Morgan fingerprint density at radius 3 is 2.69 bits per heavy atom. The minimum Gasteiger partial charge on any atom is -0.332 e. The number of hydrogen-bond donors (Lipinski definition) is 0. The third-order valence-corrected chi connectivity index (χ3v) is 6.53. The molecule has 0 fully saturated rings. The number of fused-ring (bicyclic) bond motifs is 1. The highest BCUT2D eigenvalue weighted by molar-refractivity contribution is 7.89. The Hall–Kier alpha value is -2.52. The lowest BCUT2D eigenvalue weighted by Gasteiger charge is -2.18. The molecule has 9 heteroatoms. The van der Waals surface area contributed by atoms with Gasteiger partial charge in [-0.2, -0.15) is 14.4 Å². The Balaban J connectivity index is 1.73. The second kappa shape index (κ2) is 6.03. The number of rotatable bonds is 4. The highest BCUT2D eigenvalue weighted by Crippen LogP contribution is 2.35. The van der Waals surface area contributed by atoms with Crippen molar-refractivity contribution in [3.63, 3.8) is 0 Å². The molecule has 8 nitrogen and oxygen atoms in total. The summed E-state index contributed by atoms with van der Waals surface area (Å²) in [6.45, 7) is 4.19. The number of benzene rings is 1. The maximum atomic E-state index is 13.2. The molecule has 0 radical (unpaired) electrons. The van der Waals surface area contributed by atoms with Gasteiger partial charge < -0.3 is 4.52 Å². The summed E-state index contributed by atoms with van der Waals surface area (Å²) in [5.41, 5.74) is 3.01. The highest BCUT2D eigenvalue weighted by atomic mass is 32.2. The summed E-state index contributed by atoms with van der Waals surface area (Å²) >= 11 is 0. The first kappa shape index (κ1) is 16.9. The maximum Gasteiger partial charge on any atom is 0.278 e. The van der Waals surface area contributed by atoms with Crippen molar-refractivity contribution in [2.24, 2.45) is 7.05 Å². The molecule has 0 spiro atoms. The van der Waals surface area contributed by atoms with Gasteiger partial charge in [-0.05, 0) is 25.0 Å². The average Bonchev–Trinajstić information content (AvgIpc) is 3.32. The Morgan fingerprint density at radius 1 is 1.23 bits per heavy atom. The quantitative estimate of drug-likeness (QED) is 0.695.